The average Bonchev–Trinajstić information content (AvgIpc) is 1.83. The molecule has 0 heterocycles. The maximum absolute atomic E-state index is 11.1. The number of hydrogen-bond acceptors (Lipinski definition) is 3. The fraction of sp³-hybridized carbons (Fsp3) is 0.900. The second kappa shape index (κ2) is 4.09. The number of carbonyl (C=O) groups excluding carboxylic acids is 1. The van der Waals surface area contributed by atoms with Crippen molar-refractivity contribution in [3.8, 4) is 0 Å². The summed E-state index contributed by atoms with van der Waals surface area (Å²) in [6, 6.07) is 0. The van der Waals surface area contributed by atoms with Gasteiger partial charge in [-0.15, -0.1) is 0 Å². The van der Waals surface area contributed by atoms with Gasteiger partial charge in [0, 0.05) is 0 Å². The van der Waals surface area contributed by atoms with Crippen LogP contribution in [0.5, 0.6) is 0 Å². The van der Waals surface area contributed by atoms with Crippen molar-refractivity contribution in [2.75, 3.05) is 6.61 Å². The van der Waals surface area contributed by atoms with E-state index >= 15 is 0 Å². The maximum atomic E-state index is 11.1. The second-order valence-corrected chi connectivity index (χ2v) is 4.51. The highest BCUT2D eigenvalue weighted by Gasteiger charge is 2.37. The zero-order chi connectivity index (χ0) is 10.7. The van der Waals surface area contributed by atoms with Gasteiger partial charge in [-0.05, 0) is 19.3 Å². The van der Waals surface area contributed by atoms with Gasteiger partial charge in [0.15, 0.2) is 0 Å². The van der Waals surface area contributed by atoms with Crippen LogP contribution >= 0.6 is 0 Å². The molecule has 0 aromatic heterocycles. The van der Waals surface area contributed by atoms with E-state index in [1.807, 2.05) is 20.8 Å². The van der Waals surface area contributed by atoms with Gasteiger partial charge in [-0.2, -0.15) is 0 Å². The highest BCUT2D eigenvalue weighted by molar-refractivity contribution is 5.70. The van der Waals surface area contributed by atoms with Crippen LogP contribution in [0, 0.1) is 5.41 Å². The molecular formula is C10H20O3. The Balaban J connectivity index is 4.26. The van der Waals surface area contributed by atoms with Gasteiger partial charge in [0.1, 0.15) is 0 Å². The molecule has 0 fully saturated rings. The Bertz CT molecular complexity index is 177. The first-order chi connectivity index (χ1) is 5.70. The summed E-state index contributed by atoms with van der Waals surface area (Å²) in [6.07, 6.45) is 0.0460. The lowest BCUT2D eigenvalue weighted by molar-refractivity contribution is -0.152. The van der Waals surface area contributed by atoms with E-state index in [2.05, 4.69) is 0 Å². The van der Waals surface area contributed by atoms with Crippen LogP contribution in [0.3, 0.4) is 0 Å². The summed E-state index contributed by atoms with van der Waals surface area (Å²) in [5, 5.41) is 9.95. The predicted molar refractivity (Wildman–Crippen MR) is 51.3 cm³/mol. The second-order valence-electron chi connectivity index (χ2n) is 4.51. The minimum Gasteiger partial charge on any atom is -0.466 e. The Morgan fingerprint density at radius 1 is 1.31 bits per heavy atom. The molecule has 0 saturated carbocycles. The van der Waals surface area contributed by atoms with Gasteiger partial charge in [0.05, 0.1) is 18.6 Å². The molecule has 0 rings (SSSR count). The first kappa shape index (κ1) is 12.4. The van der Waals surface area contributed by atoms with E-state index < -0.39 is 5.60 Å². The third-order valence-corrected chi connectivity index (χ3v) is 2.41. The minimum absolute atomic E-state index is 0.0460. The lowest BCUT2D eigenvalue weighted by Crippen LogP contribution is -2.42. The number of esters is 1. The number of carbonyl (C=O) groups is 1. The molecule has 13 heavy (non-hydrogen) atoms. The molecule has 0 unspecified atom stereocenters. The molecule has 0 aromatic rings. The smallest absolute Gasteiger partial charge is 0.308 e. The van der Waals surface area contributed by atoms with Crippen molar-refractivity contribution in [3.05, 3.63) is 0 Å². The largest absolute Gasteiger partial charge is 0.466 e. The van der Waals surface area contributed by atoms with E-state index in [1.165, 1.54) is 0 Å². The van der Waals surface area contributed by atoms with Crippen molar-refractivity contribution < 1.29 is 14.6 Å². The molecule has 0 saturated heterocycles. The molecule has 0 aromatic carbocycles. The third-order valence-electron chi connectivity index (χ3n) is 2.41. The fourth-order valence-corrected chi connectivity index (χ4v) is 0.758. The Morgan fingerprint density at radius 2 is 1.77 bits per heavy atom. The molecule has 1 atom stereocenters. The zero-order valence-electron chi connectivity index (χ0n) is 9.18. The van der Waals surface area contributed by atoms with E-state index in [0.717, 1.165) is 0 Å². The van der Waals surface area contributed by atoms with Crippen LogP contribution in [-0.2, 0) is 9.53 Å². The summed E-state index contributed by atoms with van der Waals surface area (Å²) >= 11 is 0. The average molecular weight is 188 g/mol. The standard InChI is InChI=1S/C10H20O3/c1-6-13-8(11)7-10(5,12)9(2,3)4/h12H,6-7H2,1-5H3/t10-/m1/s1. The third kappa shape index (κ3) is 3.77. The molecule has 0 amide bonds. The maximum Gasteiger partial charge on any atom is 0.308 e. The van der Waals surface area contributed by atoms with Crippen LogP contribution in [-0.4, -0.2) is 23.3 Å². The molecule has 0 aliphatic carbocycles. The van der Waals surface area contributed by atoms with Crippen LogP contribution in [0.1, 0.15) is 41.0 Å². The molecule has 0 radical (unpaired) electrons. The summed E-state index contributed by atoms with van der Waals surface area (Å²) in [5.74, 6) is -0.345. The molecule has 3 nitrogen and oxygen atoms in total. The number of rotatable bonds is 3. The van der Waals surface area contributed by atoms with Gasteiger partial charge < -0.3 is 9.84 Å². The van der Waals surface area contributed by atoms with Crippen molar-refractivity contribution in [2.45, 2.75) is 46.6 Å². The summed E-state index contributed by atoms with van der Waals surface area (Å²) in [5.41, 5.74) is -1.33. The highest BCUT2D eigenvalue weighted by atomic mass is 16.5. The molecule has 0 aliphatic rings. The summed E-state index contributed by atoms with van der Waals surface area (Å²) < 4.78 is 4.77. The van der Waals surface area contributed by atoms with Crippen molar-refractivity contribution in [3.63, 3.8) is 0 Å². The van der Waals surface area contributed by atoms with Crippen LogP contribution in [0.15, 0.2) is 0 Å². The van der Waals surface area contributed by atoms with Crippen molar-refractivity contribution in [1.29, 1.82) is 0 Å². The van der Waals surface area contributed by atoms with E-state index in [-0.39, 0.29) is 17.8 Å². The zero-order valence-corrected chi connectivity index (χ0v) is 9.18. The monoisotopic (exact) mass is 188 g/mol. The van der Waals surface area contributed by atoms with E-state index in [0.29, 0.717) is 6.61 Å². The minimum atomic E-state index is -1.01. The molecule has 0 spiro atoms. The normalized spacial score (nSPS) is 16.5. The lowest BCUT2D eigenvalue weighted by Gasteiger charge is -2.36. The Hall–Kier alpha value is -0.570. The van der Waals surface area contributed by atoms with Gasteiger partial charge in [-0.1, -0.05) is 20.8 Å². The summed E-state index contributed by atoms with van der Waals surface area (Å²) in [7, 11) is 0. The van der Waals surface area contributed by atoms with Crippen LogP contribution in [0.4, 0.5) is 0 Å². The first-order valence-corrected chi connectivity index (χ1v) is 4.58. The van der Waals surface area contributed by atoms with E-state index in [4.69, 9.17) is 4.74 Å². The molecule has 78 valence electrons. The molecule has 3 heteroatoms. The van der Waals surface area contributed by atoms with E-state index in [9.17, 15) is 9.90 Å². The fourth-order valence-electron chi connectivity index (χ4n) is 0.758. The van der Waals surface area contributed by atoms with E-state index in [1.54, 1.807) is 13.8 Å². The topological polar surface area (TPSA) is 46.5 Å². The van der Waals surface area contributed by atoms with Gasteiger partial charge in [-0.3, -0.25) is 4.79 Å². The molecule has 0 aliphatic heterocycles. The van der Waals surface area contributed by atoms with Crippen molar-refractivity contribution in [1.82, 2.24) is 0 Å². The van der Waals surface area contributed by atoms with Crippen LogP contribution < -0.4 is 0 Å². The van der Waals surface area contributed by atoms with Gasteiger partial charge in [0.2, 0.25) is 0 Å². The Labute approximate surface area is 80.1 Å². The number of hydrogen-bond donors (Lipinski definition) is 1. The Morgan fingerprint density at radius 3 is 2.08 bits per heavy atom. The van der Waals surface area contributed by atoms with Crippen LogP contribution in [0.2, 0.25) is 0 Å². The summed E-state index contributed by atoms with van der Waals surface area (Å²) in [4.78, 5) is 11.1. The number of aliphatic hydroxyl groups is 1. The van der Waals surface area contributed by atoms with Gasteiger partial charge >= 0.3 is 5.97 Å². The Kier molecular flexibility index (Phi) is 3.91. The van der Waals surface area contributed by atoms with Gasteiger partial charge in [-0.25, -0.2) is 0 Å². The van der Waals surface area contributed by atoms with Crippen LogP contribution in [0.25, 0.3) is 0 Å². The molecular weight excluding hydrogens is 168 g/mol. The summed E-state index contributed by atoms with van der Waals surface area (Å²) in [6.45, 7) is 9.46. The van der Waals surface area contributed by atoms with Gasteiger partial charge in [0.25, 0.3) is 0 Å². The number of ether oxygens (including phenoxy) is 1. The highest BCUT2D eigenvalue weighted by Crippen LogP contribution is 2.32. The molecule has 0 bridgehead atoms. The lowest BCUT2D eigenvalue weighted by atomic mass is 9.76. The van der Waals surface area contributed by atoms with Crippen molar-refractivity contribution >= 4 is 5.97 Å². The molecule has 1 N–H and O–H groups in total. The predicted octanol–water partition coefficient (Wildman–Crippen LogP) is 1.74. The SMILES string of the molecule is CCOC(=O)C[C@@](C)(O)C(C)(C)C. The quantitative estimate of drug-likeness (QED) is 0.686. The van der Waals surface area contributed by atoms with Crippen molar-refractivity contribution in [2.24, 2.45) is 5.41 Å². The first-order valence-electron chi connectivity index (χ1n) is 4.58.